The van der Waals surface area contributed by atoms with Gasteiger partial charge in [0.05, 0.1) is 12.9 Å². The number of nitrogens with zero attached hydrogens (tertiary/aromatic N) is 2. The third kappa shape index (κ3) is 1.21. The quantitative estimate of drug-likeness (QED) is 0.561. The van der Waals surface area contributed by atoms with Crippen LogP contribution in [0.3, 0.4) is 0 Å². The largest absolute Gasteiger partial charge is 0.358 e. The Hall–Kier alpha value is -0.670. The SMILES string of the molecule is FC1(F)CC(N2C=NCC2)C1. The highest BCUT2D eigenvalue weighted by Gasteiger charge is 2.47. The molecule has 2 aliphatic rings. The van der Waals surface area contributed by atoms with Gasteiger partial charge in [-0.25, -0.2) is 8.78 Å². The van der Waals surface area contributed by atoms with Crippen molar-refractivity contribution in [1.82, 2.24) is 4.90 Å². The fraction of sp³-hybridized carbons (Fsp3) is 0.857. The van der Waals surface area contributed by atoms with Crippen LogP contribution in [0.4, 0.5) is 8.78 Å². The average molecular weight is 160 g/mol. The maximum Gasteiger partial charge on any atom is 0.252 e. The van der Waals surface area contributed by atoms with Crippen molar-refractivity contribution in [3.63, 3.8) is 0 Å². The molecule has 0 spiro atoms. The minimum absolute atomic E-state index is 0.0129. The molecule has 2 rings (SSSR count). The minimum Gasteiger partial charge on any atom is -0.358 e. The van der Waals surface area contributed by atoms with E-state index in [1.165, 1.54) is 0 Å². The van der Waals surface area contributed by atoms with Crippen molar-refractivity contribution in [2.24, 2.45) is 4.99 Å². The van der Waals surface area contributed by atoms with Crippen molar-refractivity contribution in [2.45, 2.75) is 24.8 Å². The van der Waals surface area contributed by atoms with Gasteiger partial charge in [0.15, 0.2) is 0 Å². The molecule has 0 N–H and O–H groups in total. The van der Waals surface area contributed by atoms with E-state index in [2.05, 4.69) is 4.99 Å². The molecule has 1 aliphatic heterocycles. The van der Waals surface area contributed by atoms with Gasteiger partial charge in [0.25, 0.3) is 5.92 Å². The Kier molecular flexibility index (Phi) is 1.37. The smallest absolute Gasteiger partial charge is 0.252 e. The molecule has 0 unspecified atom stereocenters. The van der Waals surface area contributed by atoms with Gasteiger partial charge in [0.1, 0.15) is 0 Å². The molecule has 0 aromatic carbocycles. The lowest BCUT2D eigenvalue weighted by Gasteiger charge is -2.40. The zero-order valence-corrected chi connectivity index (χ0v) is 6.13. The van der Waals surface area contributed by atoms with E-state index in [-0.39, 0.29) is 18.9 Å². The van der Waals surface area contributed by atoms with Gasteiger partial charge in [0, 0.05) is 25.4 Å². The number of hydrogen-bond acceptors (Lipinski definition) is 2. The molecule has 11 heavy (non-hydrogen) atoms. The molecule has 1 saturated carbocycles. The summed E-state index contributed by atoms with van der Waals surface area (Å²) in [5, 5.41) is 0. The fourth-order valence-electron chi connectivity index (χ4n) is 1.53. The average Bonchev–Trinajstić information content (AvgIpc) is 2.32. The van der Waals surface area contributed by atoms with Gasteiger partial charge in [-0.3, -0.25) is 4.99 Å². The van der Waals surface area contributed by atoms with E-state index >= 15 is 0 Å². The summed E-state index contributed by atoms with van der Waals surface area (Å²) in [7, 11) is 0. The molecule has 4 heteroatoms. The Morgan fingerprint density at radius 2 is 2.18 bits per heavy atom. The number of aliphatic imine (C=N–C) groups is 1. The second-order valence-electron chi connectivity index (χ2n) is 3.18. The molecule has 0 aromatic rings. The van der Waals surface area contributed by atoms with E-state index < -0.39 is 5.92 Å². The summed E-state index contributed by atoms with van der Waals surface area (Å²) in [5.74, 6) is -2.40. The summed E-state index contributed by atoms with van der Waals surface area (Å²) in [4.78, 5) is 5.89. The molecule has 1 fully saturated rings. The molecule has 2 nitrogen and oxygen atoms in total. The van der Waals surface area contributed by atoms with Gasteiger partial charge in [-0.05, 0) is 0 Å². The zero-order chi connectivity index (χ0) is 7.90. The topological polar surface area (TPSA) is 15.6 Å². The van der Waals surface area contributed by atoms with Gasteiger partial charge < -0.3 is 4.90 Å². The van der Waals surface area contributed by atoms with Crippen LogP contribution >= 0.6 is 0 Å². The maximum atomic E-state index is 12.4. The molecule has 0 saturated heterocycles. The van der Waals surface area contributed by atoms with E-state index in [0.29, 0.717) is 0 Å². The molecular formula is C7H10F2N2. The van der Waals surface area contributed by atoms with Crippen molar-refractivity contribution in [2.75, 3.05) is 13.1 Å². The van der Waals surface area contributed by atoms with Crippen molar-refractivity contribution in [3.8, 4) is 0 Å². The summed E-state index contributed by atoms with van der Waals surface area (Å²) in [6.07, 6.45) is 1.72. The lowest BCUT2D eigenvalue weighted by molar-refractivity contribution is -0.109. The first kappa shape index (κ1) is 7.00. The molecule has 0 atom stereocenters. The number of hydrogen-bond donors (Lipinski definition) is 0. The summed E-state index contributed by atoms with van der Waals surface area (Å²) in [6, 6.07) is 0.0521. The normalized spacial score (nSPS) is 29.1. The van der Waals surface area contributed by atoms with Crippen molar-refractivity contribution >= 4 is 6.34 Å². The predicted molar refractivity (Wildman–Crippen MR) is 38.0 cm³/mol. The van der Waals surface area contributed by atoms with Crippen molar-refractivity contribution in [1.29, 1.82) is 0 Å². The molecule has 1 heterocycles. The van der Waals surface area contributed by atoms with Crippen LogP contribution in [0.2, 0.25) is 0 Å². The predicted octanol–water partition coefficient (Wildman–Crippen LogP) is 1.13. The summed E-state index contributed by atoms with van der Waals surface area (Å²) < 4.78 is 24.7. The Morgan fingerprint density at radius 1 is 1.45 bits per heavy atom. The Balaban J connectivity index is 1.86. The van der Waals surface area contributed by atoms with Crippen LogP contribution in [0.1, 0.15) is 12.8 Å². The monoisotopic (exact) mass is 160 g/mol. The van der Waals surface area contributed by atoms with Crippen LogP contribution in [0.25, 0.3) is 0 Å². The first-order chi connectivity index (χ1) is 5.17. The molecule has 0 bridgehead atoms. The van der Waals surface area contributed by atoms with E-state index in [1.807, 2.05) is 4.90 Å². The summed E-state index contributed by atoms with van der Waals surface area (Å²) >= 11 is 0. The van der Waals surface area contributed by atoms with Crippen LogP contribution in [0, 0.1) is 0 Å². The van der Waals surface area contributed by atoms with E-state index in [1.54, 1.807) is 6.34 Å². The highest BCUT2D eigenvalue weighted by Crippen LogP contribution is 2.40. The summed E-state index contributed by atoms with van der Waals surface area (Å²) in [6.45, 7) is 1.59. The van der Waals surface area contributed by atoms with E-state index in [0.717, 1.165) is 13.1 Å². The molecule has 62 valence electrons. The zero-order valence-electron chi connectivity index (χ0n) is 6.13. The molecular weight excluding hydrogens is 150 g/mol. The van der Waals surface area contributed by atoms with Gasteiger partial charge in [0.2, 0.25) is 0 Å². The number of alkyl halides is 2. The molecule has 1 aliphatic carbocycles. The first-order valence-corrected chi connectivity index (χ1v) is 3.81. The Labute approximate surface area is 63.9 Å². The van der Waals surface area contributed by atoms with E-state index in [4.69, 9.17) is 0 Å². The van der Waals surface area contributed by atoms with Crippen LogP contribution in [-0.2, 0) is 0 Å². The van der Waals surface area contributed by atoms with Gasteiger partial charge >= 0.3 is 0 Å². The third-order valence-corrected chi connectivity index (χ3v) is 2.25. The maximum absolute atomic E-state index is 12.4. The molecule has 0 amide bonds. The molecule has 0 aromatic heterocycles. The number of halogens is 2. The first-order valence-electron chi connectivity index (χ1n) is 3.81. The highest BCUT2D eigenvalue weighted by atomic mass is 19.3. The lowest BCUT2D eigenvalue weighted by Crippen LogP contribution is -2.49. The lowest BCUT2D eigenvalue weighted by atomic mass is 9.87. The van der Waals surface area contributed by atoms with Crippen LogP contribution < -0.4 is 0 Å². The van der Waals surface area contributed by atoms with Gasteiger partial charge in [-0.2, -0.15) is 0 Å². The number of rotatable bonds is 1. The van der Waals surface area contributed by atoms with Crippen LogP contribution in [0.5, 0.6) is 0 Å². The van der Waals surface area contributed by atoms with Crippen molar-refractivity contribution < 1.29 is 8.78 Å². The van der Waals surface area contributed by atoms with Gasteiger partial charge in [-0.15, -0.1) is 0 Å². The van der Waals surface area contributed by atoms with Gasteiger partial charge in [-0.1, -0.05) is 0 Å². The third-order valence-electron chi connectivity index (χ3n) is 2.25. The fourth-order valence-corrected chi connectivity index (χ4v) is 1.53. The second-order valence-corrected chi connectivity index (χ2v) is 3.18. The van der Waals surface area contributed by atoms with E-state index in [9.17, 15) is 8.78 Å². The Morgan fingerprint density at radius 3 is 2.64 bits per heavy atom. The standard InChI is InChI=1S/C7H10F2N2/c8-7(9)3-6(4-7)11-2-1-10-5-11/h5-6H,1-4H2. The molecule has 0 radical (unpaired) electrons. The minimum atomic E-state index is -2.40. The van der Waals surface area contributed by atoms with Crippen LogP contribution in [0.15, 0.2) is 4.99 Å². The summed E-state index contributed by atoms with van der Waals surface area (Å²) in [5.41, 5.74) is 0. The van der Waals surface area contributed by atoms with Crippen LogP contribution in [-0.4, -0.2) is 36.3 Å². The van der Waals surface area contributed by atoms with Crippen molar-refractivity contribution in [3.05, 3.63) is 0 Å². The second kappa shape index (κ2) is 2.16. The highest BCUT2D eigenvalue weighted by molar-refractivity contribution is 5.57. The Bertz CT molecular complexity index is 183.